The Labute approximate surface area is 95.1 Å². The van der Waals surface area contributed by atoms with Crippen LogP contribution in [-0.2, 0) is 0 Å². The van der Waals surface area contributed by atoms with Gasteiger partial charge in [0.25, 0.3) is 0 Å². The second-order valence-electron chi connectivity index (χ2n) is 4.59. The van der Waals surface area contributed by atoms with Crippen LogP contribution in [0.15, 0.2) is 12.1 Å². The van der Waals surface area contributed by atoms with E-state index in [0.717, 1.165) is 6.54 Å². The van der Waals surface area contributed by atoms with E-state index >= 15 is 0 Å². The minimum absolute atomic E-state index is 0.163. The fourth-order valence-electron chi connectivity index (χ4n) is 1.01. The molecule has 0 unspecified atom stereocenters. The quantitative estimate of drug-likeness (QED) is 0.784. The molecule has 0 saturated heterocycles. The lowest BCUT2D eigenvalue weighted by atomic mass is 9.97. The Balaban J connectivity index is 2.78. The highest BCUT2D eigenvalue weighted by molar-refractivity contribution is 6.29. The van der Waals surface area contributed by atoms with Gasteiger partial charge in [0.05, 0.1) is 11.6 Å². The SMILES string of the molecule is CC(C)(C)CNc1cc(C#N)cc(Cl)n1. The Morgan fingerprint density at radius 2 is 2.13 bits per heavy atom. The molecule has 1 heterocycles. The van der Waals surface area contributed by atoms with Crippen molar-refractivity contribution < 1.29 is 0 Å². The van der Waals surface area contributed by atoms with Crippen molar-refractivity contribution in [1.29, 1.82) is 5.26 Å². The minimum atomic E-state index is 0.163. The topological polar surface area (TPSA) is 48.7 Å². The molecule has 4 heteroatoms. The summed E-state index contributed by atoms with van der Waals surface area (Å²) in [7, 11) is 0. The number of anilines is 1. The molecule has 0 aromatic carbocycles. The molecule has 0 atom stereocenters. The van der Waals surface area contributed by atoms with Crippen LogP contribution < -0.4 is 5.32 Å². The van der Waals surface area contributed by atoms with E-state index in [9.17, 15) is 0 Å². The second-order valence-corrected chi connectivity index (χ2v) is 4.98. The lowest BCUT2D eigenvalue weighted by molar-refractivity contribution is 0.442. The molecule has 80 valence electrons. The lowest BCUT2D eigenvalue weighted by Crippen LogP contribution is -2.19. The Morgan fingerprint density at radius 3 is 2.67 bits per heavy atom. The van der Waals surface area contributed by atoms with Crippen LogP contribution in [0.25, 0.3) is 0 Å². The summed E-state index contributed by atoms with van der Waals surface area (Å²) in [6.07, 6.45) is 0. The molecule has 0 aliphatic heterocycles. The first-order chi connectivity index (χ1) is 6.90. The van der Waals surface area contributed by atoms with Gasteiger partial charge in [0.2, 0.25) is 0 Å². The lowest BCUT2D eigenvalue weighted by Gasteiger charge is -2.19. The van der Waals surface area contributed by atoms with Crippen molar-refractivity contribution in [3.05, 3.63) is 22.8 Å². The van der Waals surface area contributed by atoms with E-state index in [0.29, 0.717) is 16.5 Å². The van der Waals surface area contributed by atoms with Gasteiger partial charge in [-0.1, -0.05) is 32.4 Å². The summed E-state index contributed by atoms with van der Waals surface area (Å²) in [5, 5.41) is 12.2. The van der Waals surface area contributed by atoms with Crippen LogP contribution in [0.4, 0.5) is 5.82 Å². The van der Waals surface area contributed by atoms with Crippen LogP contribution in [0.2, 0.25) is 5.15 Å². The Bertz CT molecular complexity index is 388. The number of hydrogen-bond donors (Lipinski definition) is 1. The molecule has 1 aromatic rings. The molecular formula is C11H14ClN3. The maximum atomic E-state index is 8.75. The normalized spacial score (nSPS) is 10.9. The molecule has 0 aliphatic rings. The van der Waals surface area contributed by atoms with Gasteiger partial charge in [-0.15, -0.1) is 0 Å². The molecule has 0 bridgehead atoms. The fraction of sp³-hybridized carbons (Fsp3) is 0.455. The van der Waals surface area contributed by atoms with Gasteiger partial charge in [0.15, 0.2) is 0 Å². The fourth-order valence-corrected chi connectivity index (χ4v) is 1.22. The second kappa shape index (κ2) is 4.50. The van der Waals surface area contributed by atoms with Crippen LogP contribution in [0.3, 0.4) is 0 Å². The third kappa shape index (κ3) is 4.18. The average Bonchev–Trinajstić information content (AvgIpc) is 2.13. The maximum absolute atomic E-state index is 8.75. The van der Waals surface area contributed by atoms with E-state index in [1.807, 2.05) is 6.07 Å². The first-order valence-electron chi connectivity index (χ1n) is 4.72. The van der Waals surface area contributed by atoms with Crippen LogP contribution in [0.1, 0.15) is 26.3 Å². The van der Waals surface area contributed by atoms with Crippen molar-refractivity contribution in [3.63, 3.8) is 0 Å². The van der Waals surface area contributed by atoms with E-state index in [-0.39, 0.29) is 5.41 Å². The van der Waals surface area contributed by atoms with Crippen LogP contribution >= 0.6 is 11.6 Å². The molecule has 0 aliphatic carbocycles. The molecule has 1 N–H and O–H groups in total. The van der Waals surface area contributed by atoms with Crippen molar-refractivity contribution in [3.8, 4) is 6.07 Å². The molecule has 1 rings (SSSR count). The zero-order valence-corrected chi connectivity index (χ0v) is 9.89. The Hall–Kier alpha value is -1.27. The number of nitriles is 1. The van der Waals surface area contributed by atoms with Gasteiger partial charge in [-0.3, -0.25) is 0 Å². The Morgan fingerprint density at radius 1 is 1.47 bits per heavy atom. The summed E-state index contributed by atoms with van der Waals surface area (Å²) in [6.45, 7) is 7.15. The van der Waals surface area contributed by atoms with E-state index in [2.05, 4.69) is 31.1 Å². The highest BCUT2D eigenvalue weighted by Crippen LogP contribution is 2.17. The zero-order valence-electron chi connectivity index (χ0n) is 9.13. The highest BCUT2D eigenvalue weighted by atomic mass is 35.5. The predicted molar refractivity (Wildman–Crippen MR) is 61.9 cm³/mol. The van der Waals surface area contributed by atoms with E-state index < -0.39 is 0 Å². The number of rotatable bonds is 2. The number of hydrogen-bond acceptors (Lipinski definition) is 3. The predicted octanol–water partition coefficient (Wildman–Crippen LogP) is 3.06. The molecule has 0 fully saturated rings. The average molecular weight is 224 g/mol. The molecule has 0 spiro atoms. The standard InChI is InChI=1S/C11H14ClN3/c1-11(2,3)7-14-10-5-8(6-13)4-9(12)15-10/h4-5H,7H2,1-3H3,(H,14,15). The third-order valence-corrected chi connectivity index (χ3v) is 1.92. The molecular weight excluding hydrogens is 210 g/mol. The van der Waals surface area contributed by atoms with Crippen molar-refractivity contribution >= 4 is 17.4 Å². The van der Waals surface area contributed by atoms with Crippen molar-refractivity contribution in [2.24, 2.45) is 5.41 Å². The van der Waals surface area contributed by atoms with E-state index in [1.54, 1.807) is 12.1 Å². The molecule has 0 radical (unpaired) electrons. The first kappa shape index (κ1) is 11.8. The number of aromatic nitrogens is 1. The van der Waals surface area contributed by atoms with Crippen LogP contribution in [-0.4, -0.2) is 11.5 Å². The van der Waals surface area contributed by atoms with Gasteiger partial charge in [-0.2, -0.15) is 5.26 Å². The maximum Gasteiger partial charge on any atom is 0.132 e. The summed E-state index contributed by atoms with van der Waals surface area (Å²) in [4.78, 5) is 4.09. The summed E-state index contributed by atoms with van der Waals surface area (Å²) in [5.74, 6) is 0.647. The summed E-state index contributed by atoms with van der Waals surface area (Å²) in [5.41, 5.74) is 0.683. The third-order valence-electron chi connectivity index (χ3n) is 1.72. The molecule has 15 heavy (non-hydrogen) atoms. The van der Waals surface area contributed by atoms with Gasteiger partial charge in [-0.25, -0.2) is 4.98 Å². The molecule has 0 saturated carbocycles. The number of nitrogens with zero attached hydrogens (tertiary/aromatic N) is 2. The Kier molecular flexibility index (Phi) is 3.54. The van der Waals surface area contributed by atoms with Gasteiger partial charge in [-0.05, 0) is 17.5 Å². The largest absolute Gasteiger partial charge is 0.369 e. The smallest absolute Gasteiger partial charge is 0.132 e. The summed E-state index contributed by atoms with van der Waals surface area (Å²) in [6, 6.07) is 5.28. The first-order valence-corrected chi connectivity index (χ1v) is 5.10. The summed E-state index contributed by atoms with van der Waals surface area (Å²) < 4.78 is 0. The minimum Gasteiger partial charge on any atom is -0.369 e. The molecule has 3 nitrogen and oxygen atoms in total. The van der Waals surface area contributed by atoms with Gasteiger partial charge in [0, 0.05) is 6.54 Å². The van der Waals surface area contributed by atoms with Crippen molar-refractivity contribution in [2.45, 2.75) is 20.8 Å². The number of nitrogens with one attached hydrogen (secondary N) is 1. The summed E-state index contributed by atoms with van der Waals surface area (Å²) >= 11 is 5.78. The van der Waals surface area contributed by atoms with Crippen LogP contribution in [0, 0.1) is 16.7 Å². The van der Waals surface area contributed by atoms with Gasteiger partial charge < -0.3 is 5.32 Å². The number of pyridine rings is 1. The van der Waals surface area contributed by atoms with Crippen LogP contribution in [0.5, 0.6) is 0 Å². The number of halogens is 1. The van der Waals surface area contributed by atoms with Gasteiger partial charge in [0.1, 0.15) is 11.0 Å². The molecule has 1 aromatic heterocycles. The monoisotopic (exact) mass is 223 g/mol. The zero-order chi connectivity index (χ0) is 11.5. The highest BCUT2D eigenvalue weighted by Gasteiger charge is 2.10. The van der Waals surface area contributed by atoms with Crippen molar-refractivity contribution in [1.82, 2.24) is 4.98 Å². The van der Waals surface area contributed by atoms with E-state index in [4.69, 9.17) is 16.9 Å². The van der Waals surface area contributed by atoms with Crippen molar-refractivity contribution in [2.75, 3.05) is 11.9 Å². The molecule has 0 amide bonds. The van der Waals surface area contributed by atoms with Gasteiger partial charge >= 0.3 is 0 Å². The van der Waals surface area contributed by atoms with E-state index in [1.165, 1.54) is 0 Å².